The third kappa shape index (κ3) is 11.0. The fourth-order valence-corrected chi connectivity index (χ4v) is 3.91. The number of nitrogens with zero attached hydrogens (tertiary/aromatic N) is 2. The average Bonchev–Trinajstić information content (AvgIpc) is 2.84. The summed E-state index contributed by atoms with van der Waals surface area (Å²) in [6, 6.07) is 11.0. The summed E-state index contributed by atoms with van der Waals surface area (Å²) in [5.41, 5.74) is 1.09. The molecule has 0 unspecified atom stereocenters. The van der Waals surface area contributed by atoms with E-state index in [1.54, 1.807) is 33.0 Å². The van der Waals surface area contributed by atoms with Crippen molar-refractivity contribution in [1.82, 2.24) is 10.3 Å². The summed E-state index contributed by atoms with van der Waals surface area (Å²) < 4.78 is 11.2. The molecule has 2 rings (SSSR count). The fraction of sp³-hybridized carbons (Fsp3) is 0.464. The predicted octanol–water partition coefficient (Wildman–Crippen LogP) is 5.10. The van der Waals surface area contributed by atoms with Crippen molar-refractivity contribution in [2.45, 2.75) is 64.9 Å². The van der Waals surface area contributed by atoms with Gasteiger partial charge in [0.15, 0.2) is 5.78 Å². The molecule has 0 saturated carbocycles. The topological polar surface area (TPSA) is 115 Å². The molecule has 2 amide bonds. The normalized spacial score (nSPS) is 11.8. The number of ketones is 1. The van der Waals surface area contributed by atoms with Crippen molar-refractivity contribution >= 4 is 45.5 Å². The first-order valence-electron chi connectivity index (χ1n) is 12.4. The molecule has 0 aliphatic heterocycles. The molecule has 1 aromatic heterocycles. The first-order valence-corrected chi connectivity index (χ1v) is 13.2. The smallest absolute Gasteiger partial charge is 0.416 e. The third-order valence-electron chi connectivity index (χ3n) is 5.52. The Morgan fingerprint density at radius 3 is 2.37 bits per heavy atom. The van der Waals surface area contributed by atoms with Crippen LogP contribution in [0, 0.1) is 6.92 Å². The van der Waals surface area contributed by atoms with E-state index >= 15 is 0 Å². The van der Waals surface area contributed by atoms with Gasteiger partial charge in [0.2, 0.25) is 5.91 Å². The van der Waals surface area contributed by atoms with Gasteiger partial charge in [-0.25, -0.2) is 9.78 Å². The van der Waals surface area contributed by atoms with Gasteiger partial charge in [-0.1, -0.05) is 28.1 Å². The lowest BCUT2D eigenvalue weighted by atomic mass is 9.90. The van der Waals surface area contributed by atoms with Crippen LogP contribution >= 0.6 is 15.9 Å². The Balaban J connectivity index is 1.91. The maximum absolute atomic E-state index is 12.8. The number of halogens is 1. The Hall–Kier alpha value is -3.27. The largest absolute Gasteiger partial charge is 0.469 e. The summed E-state index contributed by atoms with van der Waals surface area (Å²) in [6.45, 7) is 7.31. The number of pyridine rings is 1. The number of rotatable bonds is 12. The summed E-state index contributed by atoms with van der Waals surface area (Å²) >= 11 is 3.38. The fourth-order valence-electron chi connectivity index (χ4n) is 3.64. The van der Waals surface area contributed by atoms with Gasteiger partial charge in [0.1, 0.15) is 11.4 Å². The standard InChI is InChI=1S/C28H36BrN3O6/c1-19-12-13-30-24(15-19)32(27(36)38-28(2,3)4)14-6-7-25(34)31-18-23(33)16-21(17-26(35)37-5)20-8-10-22(29)11-9-20/h8-13,15,21H,6-7,14,16-18H2,1-5H3,(H,31,34)/t21-/m1/s1. The Labute approximate surface area is 232 Å². The van der Waals surface area contributed by atoms with E-state index in [4.69, 9.17) is 9.47 Å². The minimum Gasteiger partial charge on any atom is -0.469 e. The SMILES string of the molecule is COC(=O)C[C@@H](CC(=O)CNC(=O)CCCN(C(=O)OC(C)(C)C)c1cc(C)ccn1)c1ccc(Br)cc1. The number of aryl methyl sites for hydroxylation is 1. The van der Waals surface area contributed by atoms with E-state index < -0.39 is 17.7 Å². The minimum atomic E-state index is -0.682. The highest BCUT2D eigenvalue weighted by Gasteiger charge is 2.25. The Morgan fingerprint density at radius 2 is 1.76 bits per heavy atom. The van der Waals surface area contributed by atoms with E-state index in [-0.39, 0.29) is 50.0 Å². The Kier molecular flexibility index (Phi) is 11.9. The van der Waals surface area contributed by atoms with E-state index in [1.165, 1.54) is 12.0 Å². The summed E-state index contributed by atoms with van der Waals surface area (Å²) in [5, 5.41) is 2.64. The number of methoxy groups -OCH3 is 1. The molecule has 1 N–H and O–H groups in total. The Morgan fingerprint density at radius 1 is 1.08 bits per heavy atom. The molecule has 0 aliphatic carbocycles. The zero-order valence-electron chi connectivity index (χ0n) is 22.6. The first kappa shape index (κ1) is 31.0. The monoisotopic (exact) mass is 589 g/mol. The quantitative estimate of drug-likeness (QED) is 0.342. The number of nitrogens with one attached hydrogen (secondary N) is 1. The third-order valence-corrected chi connectivity index (χ3v) is 6.04. The van der Waals surface area contributed by atoms with Gasteiger partial charge < -0.3 is 14.8 Å². The molecule has 206 valence electrons. The second kappa shape index (κ2) is 14.6. The summed E-state index contributed by atoms with van der Waals surface area (Å²) in [6.07, 6.45) is 1.67. The summed E-state index contributed by atoms with van der Waals surface area (Å²) in [7, 11) is 1.31. The molecule has 0 saturated heterocycles. The molecule has 1 heterocycles. The van der Waals surface area contributed by atoms with Crippen LogP contribution in [0.3, 0.4) is 0 Å². The maximum Gasteiger partial charge on any atom is 0.416 e. The van der Waals surface area contributed by atoms with Crippen LogP contribution in [0.25, 0.3) is 0 Å². The van der Waals surface area contributed by atoms with Crippen LogP contribution in [0.2, 0.25) is 0 Å². The van der Waals surface area contributed by atoms with Gasteiger partial charge in [-0.05, 0) is 69.5 Å². The highest BCUT2D eigenvalue weighted by molar-refractivity contribution is 9.10. The van der Waals surface area contributed by atoms with E-state index in [1.807, 2.05) is 37.3 Å². The molecule has 1 aromatic carbocycles. The molecule has 0 radical (unpaired) electrons. The van der Waals surface area contributed by atoms with Crippen LogP contribution in [-0.4, -0.2) is 54.5 Å². The summed E-state index contributed by atoms with van der Waals surface area (Å²) in [4.78, 5) is 55.4. The number of hydrogen-bond donors (Lipinski definition) is 1. The molecule has 2 aromatic rings. The van der Waals surface area contributed by atoms with Crippen molar-refractivity contribution in [3.63, 3.8) is 0 Å². The number of carbonyl (C=O) groups is 4. The zero-order chi connectivity index (χ0) is 28.3. The lowest BCUT2D eigenvalue weighted by Gasteiger charge is -2.27. The molecule has 0 spiro atoms. The van der Waals surface area contributed by atoms with Crippen molar-refractivity contribution in [1.29, 1.82) is 0 Å². The molecule has 0 bridgehead atoms. The van der Waals surface area contributed by atoms with Crippen LogP contribution in [0.4, 0.5) is 10.6 Å². The molecule has 1 atom stereocenters. The van der Waals surface area contributed by atoms with Gasteiger partial charge in [0.25, 0.3) is 0 Å². The Bertz CT molecular complexity index is 1110. The number of Topliss-reactive ketones (excluding diaryl/α,β-unsaturated/α-hetero) is 1. The molecular formula is C28H36BrN3O6. The highest BCUT2D eigenvalue weighted by Crippen LogP contribution is 2.26. The molecule has 9 nitrogen and oxygen atoms in total. The zero-order valence-corrected chi connectivity index (χ0v) is 24.2. The molecule has 0 aliphatic rings. The molecule has 10 heteroatoms. The lowest BCUT2D eigenvalue weighted by molar-refractivity contribution is -0.141. The number of amides is 2. The van der Waals surface area contributed by atoms with E-state index in [0.29, 0.717) is 12.2 Å². The number of benzene rings is 1. The number of anilines is 1. The van der Waals surface area contributed by atoms with Crippen molar-refractivity contribution in [3.05, 3.63) is 58.2 Å². The number of esters is 1. The van der Waals surface area contributed by atoms with Crippen molar-refractivity contribution in [2.75, 3.05) is 25.1 Å². The number of aromatic nitrogens is 1. The van der Waals surface area contributed by atoms with Gasteiger partial charge in [-0.3, -0.25) is 19.3 Å². The van der Waals surface area contributed by atoms with Crippen LogP contribution in [0.15, 0.2) is 47.1 Å². The lowest BCUT2D eigenvalue weighted by Crippen LogP contribution is -2.38. The second-order valence-electron chi connectivity index (χ2n) is 9.98. The van der Waals surface area contributed by atoms with E-state index in [0.717, 1.165) is 15.6 Å². The minimum absolute atomic E-state index is 0.0608. The van der Waals surface area contributed by atoms with Gasteiger partial charge in [0.05, 0.1) is 20.1 Å². The van der Waals surface area contributed by atoms with Crippen molar-refractivity contribution in [3.8, 4) is 0 Å². The van der Waals surface area contributed by atoms with Crippen LogP contribution in [0.1, 0.15) is 63.5 Å². The van der Waals surface area contributed by atoms with Crippen LogP contribution in [0.5, 0.6) is 0 Å². The van der Waals surface area contributed by atoms with Gasteiger partial charge in [-0.2, -0.15) is 0 Å². The van der Waals surface area contributed by atoms with Crippen molar-refractivity contribution in [2.24, 2.45) is 0 Å². The number of hydrogen-bond acceptors (Lipinski definition) is 7. The average molecular weight is 591 g/mol. The van der Waals surface area contributed by atoms with E-state index in [9.17, 15) is 19.2 Å². The predicted molar refractivity (Wildman–Crippen MR) is 148 cm³/mol. The molecule has 38 heavy (non-hydrogen) atoms. The molecule has 0 fully saturated rings. The van der Waals surface area contributed by atoms with Crippen LogP contribution < -0.4 is 10.2 Å². The maximum atomic E-state index is 12.8. The number of carbonyl (C=O) groups excluding carboxylic acids is 4. The summed E-state index contributed by atoms with van der Waals surface area (Å²) in [5.74, 6) is -0.835. The van der Waals surface area contributed by atoms with Crippen molar-refractivity contribution < 1.29 is 28.7 Å². The highest BCUT2D eigenvalue weighted by atomic mass is 79.9. The molecular weight excluding hydrogens is 554 g/mol. The number of ether oxygens (including phenoxy) is 2. The van der Waals surface area contributed by atoms with Crippen LogP contribution in [-0.2, 0) is 23.9 Å². The van der Waals surface area contributed by atoms with E-state index in [2.05, 4.69) is 26.2 Å². The van der Waals surface area contributed by atoms with Gasteiger partial charge >= 0.3 is 12.1 Å². The second-order valence-corrected chi connectivity index (χ2v) is 10.9. The van der Waals surface area contributed by atoms with Gasteiger partial charge in [-0.15, -0.1) is 0 Å². The van der Waals surface area contributed by atoms with Gasteiger partial charge in [0, 0.05) is 36.0 Å². The first-order chi connectivity index (χ1) is 17.9.